The van der Waals surface area contributed by atoms with E-state index in [9.17, 15) is 24.6 Å². The molecule has 3 rings (SSSR count). The molecule has 0 bridgehead atoms. The van der Waals surface area contributed by atoms with Crippen molar-refractivity contribution in [3.05, 3.63) is 54.1 Å². The number of carbonyl (C=O) groups excluding carboxylic acids is 3. The first-order valence-corrected chi connectivity index (χ1v) is 16.1. The van der Waals surface area contributed by atoms with E-state index in [2.05, 4.69) is 11.7 Å². The molecule has 2 aliphatic rings. The highest BCUT2D eigenvalue weighted by atomic mass is 16.6. The van der Waals surface area contributed by atoms with Gasteiger partial charge in [-0.2, -0.15) is 0 Å². The van der Waals surface area contributed by atoms with Gasteiger partial charge in [-0.05, 0) is 69.1 Å². The van der Waals surface area contributed by atoms with Crippen LogP contribution in [-0.2, 0) is 35.3 Å². The zero-order valence-electron chi connectivity index (χ0n) is 27.0. The summed E-state index contributed by atoms with van der Waals surface area (Å²) in [5, 5.41) is 25.6. The van der Waals surface area contributed by atoms with Crippen LogP contribution in [-0.4, -0.2) is 65.2 Å². The number of hydrogen-bond donors (Lipinski definition) is 2. The van der Waals surface area contributed by atoms with Crippen LogP contribution in [0.1, 0.15) is 78.2 Å². The monoisotopic (exact) mass is 627 g/mol. The van der Waals surface area contributed by atoms with Crippen molar-refractivity contribution in [3.8, 4) is 5.75 Å². The Morgan fingerprint density at radius 3 is 2.64 bits per heavy atom. The Bertz CT molecular complexity index is 1230. The van der Waals surface area contributed by atoms with Gasteiger partial charge in [0.25, 0.3) is 0 Å². The number of ether oxygens (including phenoxy) is 3. The van der Waals surface area contributed by atoms with Gasteiger partial charge in [0.15, 0.2) is 5.78 Å². The second-order valence-corrected chi connectivity index (χ2v) is 12.0. The summed E-state index contributed by atoms with van der Waals surface area (Å²) in [5.74, 6) is -1.40. The number of ketones is 1. The van der Waals surface area contributed by atoms with Crippen LogP contribution >= 0.6 is 0 Å². The topological polar surface area (TPSA) is 141 Å². The number of fused-ring (bicyclic) bond motifs is 1. The summed E-state index contributed by atoms with van der Waals surface area (Å²) in [6, 6.07) is 7.57. The first-order chi connectivity index (χ1) is 21.6. The van der Waals surface area contributed by atoms with E-state index < -0.39 is 24.3 Å². The fourth-order valence-electron chi connectivity index (χ4n) is 5.98. The molecule has 0 heterocycles. The molecular formula is C35H49NO9. The lowest BCUT2D eigenvalue weighted by Gasteiger charge is -2.43. The zero-order chi connectivity index (χ0) is 32.9. The molecule has 7 atom stereocenters. The highest BCUT2D eigenvalue weighted by molar-refractivity contribution is 6.08. The maximum Gasteiger partial charge on any atom is 0.308 e. The molecule has 45 heavy (non-hydrogen) atoms. The molecule has 1 fully saturated rings. The van der Waals surface area contributed by atoms with Gasteiger partial charge in [0.1, 0.15) is 25.1 Å². The van der Waals surface area contributed by atoms with Gasteiger partial charge >= 0.3 is 11.9 Å². The molecule has 1 aromatic carbocycles. The van der Waals surface area contributed by atoms with Crippen molar-refractivity contribution in [1.82, 2.24) is 0 Å². The Labute approximate surface area is 266 Å². The lowest BCUT2D eigenvalue weighted by atomic mass is 9.63. The normalized spacial score (nSPS) is 24.1. The number of aliphatic hydroxyl groups excluding tert-OH is 2. The van der Waals surface area contributed by atoms with E-state index in [4.69, 9.17) is 19.0 Å². The van der Waals surface area contributed by atoms with Gasteiger partial charge < -0.3 is 29.3 Å². The van der Waals surface area contributed by atoms with E-state index in [1.165, 1.54) is 6.08 Å². The number of carbonyl (C=O) groups is 3. The summed E-state index contributed by atoms with van der Waals surface area (Å²) in [5.41, 5.74) is 2.19. The molecule has 0 aliphatic heterocycles. The summed E-state index contributed by atoms with van der Waals surface area (Å²) in [4.78, 5) is 43.8. The van der Waals surface area contributed by atoms with Gasteiger partial charge in [0, 0.05) is 17.4 Å². The molecule has 7 unspecified atom stereocenters. The minimum Gasteiger partial charge on any atom is -0.493 e. The number of para-hydroxylation sites is 1. The average molecular weight is 628 g/mol. The molecule has 1 aromatic rings. The number of nitrogens with zero attached hydrogens (tertiary/aromatic N) is 1. The predicted octanol–water partition coefficient (Wildman–Crippen LogP) is 5.10. The molecule has 0 radical (unpaired) electrons. The number of allylic oxidation sites excluding steroid dienone is 1. The fourth-order valence-corrected chi connectivity index (χ4v) is 5.98. The molecule has 10 nitrogen and oxygen atoms in total. The second-order valence-electron chi connectivity index (χ2n) is 12.0. The largest absolute Gasteiger partial charge is 0.493 e. The molecule has 0 amide bonds. The first kappa shape index (κ1) is 36.0. The third-order valence-corrected chi connectivity index (χ3v) is 8.70. The van der Waals surface area contributed by atoms with Crippen molar-refractivity contribution < 1.29 is 43.6 Å². The van der Waals surface area contributed by atoms with Crippen LogP contribution in [0.15, 0.2) is 53.7 Å². The third kappa shape index (κ3) is 10.3. The van der Waals surface area contributed by atoms with E-state index >= 15 is 0 Å². The Kier molecular flexibility index (Phi) is 14.3. The van der Waals surface area contributed by atoms with Crippen LogP contribution in [0.2, 0.25) is 0 Å². The maximum atomic E-state index is 13.3. The Balaban J connectivity index is 1.79. The lowest BCUT2D eigenvalue weighted by molar-refractivity contribution is -0.158. The highest BCUT2D eigenvalue weighted by Crippen LogP contribution is 2.45. The van der Waals surface area contributed by atoms with Crippen LogP contribution in [0, 0.1) is 23.7 Å². The molecule has 1 saturated carbocycles. The molecule has 0 spiro atoms. The fraction of sp³-hybridized carbons (Fsp3) is 0.600. The number of rotatable bonds is 17. The number of aliphatic hydroxyl groups is 2. The highest BCUT2D eigenvalue weighted by Gasteiger charge is 2.46. The summed E-state index contributed by atoms with van der Waals surface area (Å²) in [7, 11) is 0. The van der Waals surface area contributed by atoms with E-state index in [1.54, 1.807) is 6.08 Å². The van der Waals surface area contributed by atoms with Crippen LogP contribution < -0.4 is 4.74 Å². The van der Waals surface area contributed by atoms with E-state index in [0.29, 0.717) is 43.6 Å². The quantitative estimate of drug-likeness (QED) is 0.137. The first-order valence-electron chi connectivity index (χ1n) is 16.1. The Hall–Kier alpha value is -3.50. The van der Waals surface area contributed by atoms with Gasteiger partial charge in [-0.15, -0.1) is 0 Å². The minimum absolute atomic E-state index is 0.0121. The van der Waals surface area contributed by atoms with Gasteiger partial charge in [-0.1, -0.05) is 56.8 Å². The average Bonchev–Trinajstić information content (AvgIpc) is 3.01. The van der Waals surface area contributed by atoms with Crippen LogP contribution in [0.25, 0.3) is 0 Å². The smallest absolute Gasteiger partial charge is 0.308 e. The number of benzene rings is 1. The molecule has 2 aliphatic carbocycles. The SMILES string of the molecule is C=CCOC(=O)CC(O)CC(O)CCC1C(C)C(=O)C=C2C(=NOCc3ccccc3OCC)CCC(OC(=O)C(C)CC)C21. The van der Waals surface area contributed by atoms with Crippen molar-refractivity contribution >= 4 is 23.4 Å². The zero-order valence-corrected chi connectivity index (χ0v) is 27.0. The molecule has 2 N–H and O–H groups in total. The van der Waals surface area contributed by atoms with Gasteiger partial charge in [-0.25, -0.2) is 0 Å². The molecule has 10 heteroatoms. The standard InChI is InChI=1S/C35H49NO9/c1-6-17-43-33(40)19-26(38)18-25(37)13-14-27-23(5)30(39)20-28-29(15-16-32(34(27)28)45-35(41)22(4)7-2)36-44-21-24-11-9-10-12-31(24)42-8-3/h6,9-12,20,22-23,25-27,32,34,37-38H,1,7-8,13-19,21H2,2-5H3. The van der Waals surface area contributed by atoms with Crippen molar-refractivity contribution in [1.29, 1.82) is 0 Å². The summed E-state index contributed by atoms with van der Waals surface area (Å²) in [6.45, 7) is 11.8. The molecule has 0 saturated heterocycles. The third-order valence-electron chi connectivity index (χ3n) is 8.70. The number of hydrogen-bond acceptors (Lipinski definition) is 10. The van der Waals surface area contributed by atoms with Gasteiger partial charge in [0.2, 0.25) is 0 Å². The summed E-state index contributed by atoms with van der Waals surface area (Å²) in [6.07, 6.45) is 2.74. The van der Waals surface area contributed by atoms with E-state index in [1.807, 2.05) is 52.0 Å². The van der Waals surface area contributed by atoms with E-state index in [0.717, 1.165) is 11.3 Å². The summed E-state index contributed by atoms with van der Waals surface area (Å²) < 4.78 is 16.7. The molecule has 0 aromatic heterocycles. The van der Waals surface area contributed by atoms with E-state index in [-0.39, 0.29) is 67.9 Å². The van der Waals surface area contributed by atoms with Crippen LogP contribution in [0.4, 0.5) is 0 Å². The van der Waals surface area contributed by atoms with Gasteiger partial charge in [-0.3, -0.25) is 14.4 Å². The Morgan fingerprint density at radius 1 is 1.18 bits per heavy atom. The minimum atomic E-state index is -1.07. The second kappa shape index (κ2) is 17.8. The summed E-state index contributed by atoms with van der Waals surface area (Å²) >= 11 is 0. The van der Waals surface area contributed by atoms with Gasteiger partial charge in [0.05, 0.1) is 36.9 Å². The molecular weight excluding hydrogens is 578 g/mol. The predicted molar refractivity (Wildman–Crippen MR) is 169 cm³/mol. The van der Waals surface area contributed by atoms with Crippen molar-refractivity contribution in [2.24, 2.45) is 28.8 Å². The van der Waals surface area contributed by atoms with Crippen LogP contribution in [0.5, 0.6) is 5.75 Å². The lowest BCUT2D eigenvalue weighted by Crippen LogP contribution is -2.46. The maximum absolute atomic E-state index is 13.3. The van der Waals surface area contributed by atoms with Crippen molar-refractivity contribution in [3.63, 3.8) is 0 Å². The number of oxime groups is 1. The van der Waals surface area contributed by atoms with Crippen molar-refractivity contribution in [2.45, 2.75) is 97.6 Å². The van der Waals surface area contributed by atoms with Crippen LogP contribution in [0.3, 0.4) is 0 Å². The number of esters is 2. The Morgan fingerprint density at radius 2 is 1.93 bits per heavy atom. The van der Waals surface area contributed by atoms with Crippen molar-refractivity contribution in [2.75, 3.05) is 13.2 Å². The molecule has 248 valence electrons.